The zero-order valence-corrected chi connectivity index (χ0v) is 15.6. The molecule has 0 aliphatic carbocycles. The van der Waals surface area contributed by atoms with Crippen LogP contribution in [0.4, 0.5) is 0 Å². The number of aliphatic imine (C=N–C) groups is 1. The Kier molecular flexibility index (Phi) is 8.09. The molecule has 0 aliphatic heterocycles. The summed E-state index contributed by atoms with van der Waals surface area (Å²) in [6.07, 6.45) is 0. The molecule has 0 aromatic heterocycles. The summed E-state index contributed by atoms with van der Waals surface area (Å²) in [6, 6.07) is 7.98. The maximum atomic E-state index is 12.0. The van der Waals surface area contributed by atoms with Crippen LogP contribution in [-0.4, -0.2) is 47.4 Å². The largest absolute Gasteiger partial charge is 0.492 e. The lowest BCUT2D eigenvalue weighted by atomic mass is 10.2. The first-order chi connectivity index (χ1) is 10.8. The zero-order chi connectivity index (χ0) is 17.3. The molecule has 1 unspecified atom stereocenters. The Morgan fingerprint density at radius 1 is 1.17 bits per heavy atom. The third-order valence-electron chi connectivity index (χ3n) is 3.17. The van der Waals surface area contributed by atoms with Gasteiger partial charge in [0.1, 0.15) is 12.4 Å². The first-order valence-corrected chi connectivity index (χ1v) is 9.17. The van der Waals surface area contributed by atoms with Crippen molar-refractivity contribution in [2.24, 2.45) is 4.99 Å². The third kappa shape index (κ3) is 8.02. The predicted molar refractivity (Wildman–Crippen MR) is 98.8 cm³/mol. The molecule has 23 heavy (non-hydrogen) atoms. The molecule has 0 heterocycles. The molecule has 130 valence electrons. The molecule has 2 N–H and O–H groups in total. The van der Waals surface area contributed by atoms with E-state index < -0.39 is 10.8 Å². The second-order valence-corrected chi connectivity index (χ2v) is 8.57. The van der Waals surface area contributed by atoms with Gasteiger partial charge in [0.05, 0.1) is 6.54 Å². The summed E-state index contributed by atoms with van der Waals surface area (Å²) in [5.41, 5.74) is 1.22. The van der Waals surface area contributed by atoms with E-state index in [0.29, 0.717) is 31.4 Å². The average Bonchev–Trinajstić information content (AvgIpc) is 2.50. The van der Waals surface area contributed by atoms with Crippen molar-refractivity contribution >= 4 is 16.8 Å². The summed E-state index contributed by atoms with van der Waals surface area (Å²) >= 11 is 0. The van der Waals surface area contributed by atoms with E-state index in [-0.39, 0.29) is 4.75 Å². The van der Waals surface area contributed by atoms with Gasteiger partial charge in [0.15, 0.2) is 5.96 Å². The summed E-state index contributed by atoms with van der Waals surface area (Å²) in [5.74, 6) is 2.16. The second kappa shape index (κ2) is 9.55. The van der Waals surface area contributed by atoms with E-state index in [4.69, 9.17) is 4.74 Å². The Morgan fingerprint density at radius 2 is 1.78 bits per heavy atom. The predicted octanol–water partition coefficient (Wildman–Crippen LogP) is 2.09. The van der Waals surface area contributed by atoms with Crippen molar-refractivity contribution in [2.75, 3.05) is 32.5 Å². The molecule has 0 spiro atoms. The Balaban J connectivity index is 2.21. The maximum Gasteiger partial charge on any atom is 0.191 e. The molecule has 0 amide bonds. The van der Waals surface area contributed by atoms with Crippen molar-refractivity contribution < 1.29 is 8.95 Å². The van der Waals surface area contributed by atoms with Crippen molar-refractivity contribution in [3.05, 3.63) is 29.8 Å². The Hall–Kier alpha value is -1.56. The highest BCUT2D eigenvalue weighted by atomic mass is 32.2. The minimum Gasteiger partial charge on any atom is -0.492 e. The quantitative estimate of drug-likeness (QED) is 0.454. The number of benzene rings is 1. The van der Waals surface area contributed by atoms with Gasteiger partial charge in [-0.05, 0) is 39.8 Å². The summed E-state index contributed by atoms with van der Waals surface area (Å²) in [5, 5.41) is 6.35. The van der Waals surface area contributed by atoms with Crippen LogP contribution < -0.4 is 15.4 Å². The number of nitrogens with one attached hydrogen (secondary N) is 2. The maximum absolute atomic E-state index is 12.0. The highest BCUT2D eigenvalue weighted by Gasteiger charge is 2.18. The Morgan fingerprint density at radius 3 is 2.35 bits per heavy atom. The smallest absolute Gasteiger partial charge is 0.191 e. The van der Waals surface area contributed by atoms with Crippen LogP contribution in [0.2, 0.25) is 0 Å². The van der Waals surface area contributed by atoms with Gasteiger partial charge in [0.25, 0.3) is 0 Å². The summed E-state index contributed by atoms with van der Waals surface area (Å²) in [4.78, 5) is 4.14. The van der Waals surface area contributed by atoms with E-state index >= 15 is 0 Å². The van der Waals surface area contributed by atoms with Gasteiger partial charge in [-0.1, -0.05) is 17.7 Å². The lowest BCUT2D eigenvalue weighted by Crippen LogP contribution is -2.41. The van der Waals surface area contributed by atoms with Crippen molar-refractivity contribution in [3.8, 4) is 5.75 Å². The van der Waals surface area contributed by atoms with E-state index in [1.54, 1.807) is 7.05 Å². The fourth-order valence-electron chi connectivity index (χ4n) is 1.76. The Labute approximate surface area is 142 Å². The lowest BCUT2D eigenvalue weighted by molar-refractivity contribution is 0.322. The van der Waals surface area contributed by atoms with Gasteiger partial charge in [-0.15, -0.1) is 0 Å². The molecule has 0 radical (unpaired) electrons. The Bertz CT molecular complexity index is 522. The van der Waals surface area contributed by atoms with Gasteiger partial charge in [-0.3, -0.25) is 9.20 Å². The molecule has 1 atom stereocenters. The number of hydrogen-bond acceptors (Lipinski definition) is 3. The van der Waals surface area contributed by atoms with E-state index in [1.165, 1.54) is 5.56 Å². The first kappa shape index (κ1) is 19.5. The van der Waals surface area contributed by atoms with Crippen LogP contribution in [0.3, 0.4) is 0 Å². The topological polar surface area (TPSA) is 62.7 Å². The zero-order valence-electron chi connectivity index (χ0n) is 14.8. The van der Waals surface area contributed by atoms with Crippen LogP contribution in [0.15, 0.2) is 29.3 Å². The molecule has 5 nitrogen and oxygen atoms in total. The number of rotatable bonds is 7. The molecule has 1 aromatic rings. The van der Waals surface area contributed by atoms with E-state index in [0.717, 1.165) is 5.75 Å². The van der Waals surface area contributed by atoms with Crippen molar-refractivity contribution in [2.45, 2.75) is 32.4 Å². The molecular weight excluding hydrogens is 310 g/mol. The fraction of sp³-hybridized carbons (Fsp3) is 0.588. The lowest BCUT2D eigenvalue weighted by Gasteiger charge is -2.18. The van der Waals surface area contributed by atoms with Crippen molar-refractivity contribution in [1.29, 1.82) is 0 Å². The van der Waals surface area contributed by atoms with E-state index in [2.05, 4.69) is 15.6 Å². The molecule has 1 aromatic carbocycles. The molecule has 1 rings (SSSR count). The van der Waals surface area contributed by atoms with Crippen molar-refractivity contribution in [1.82, 2.24) is 10.6 Å². The van der Waals surface area contributed by atoms with Crippen molar-refractivity contribution in [3.63, 3.8) is 0 Å². The average molecular weight is 340 g/mol. The summed E-state index contributed by atoms with van der Waals surface area (Å²) in [7, 11) is 0.859. The third-order valence-corrected chi connectivity index (χ3v) is 5.11. The minimum absolute atomic E-state index is 0.180. The van der Waals surface area contributed by atoms with Crippen LogP contribution in [0, 0.1) is 6.92 Å². The van der Waals surface area contributed by atoms with E-state index in [1.807, 2.05) is 52.0 Å². The van der Waals surface area contributed by atoms with Crippen LogP contribution in [0.5, 0.6) is 5.75 Å². The van der Waals surface area contributed by atoms with Crippen LogP contribution in [0.25, 0.3) is 0 Å². The van der Waals surface area contributed by atoms with E-state index in [9.17, 15) is 4.21 Å². The fourth-order valence-corrected chi connectivity index (χ4v) is 2.66. The van der Waals surface area contributed by atoms with Gasteiger partial charge in [-0.2, -0.15) is 0 Å². The molecule has 0 bridgehead atoms. The normalized spacial score (nSPS) is 13.5. The summed E-state index contributed by atoms with van der Waals surface area (Å²) < 4.78 is 17.4. The summed E-state index contributed by atoms with van der Waals surface area (Å²) in [6.45, 7) is 9.83. The van der Waals surface area contributed by atoms with Crippen LogP contribution >= 0.6 is 0 Å². The molecule has 6 heteroatoms. The molecule has 0 fully saturated rings. The van der Waals surface area contributed by atoms with Gasteiger partial charge < -0.3 is 15.4 Å². The number of guanidine groups is 1. The highest BCUT2D eigenvalue weighted by molar-refractivity contribution is 7.86. The van der Waals surface area contributed by atoms with Gasteiger partial charge in [0, 0.05) is 34.9 Å². The van der Waals surface area contributed by atoms with Gasteiger partial charge in [-0.25, -0.2) is 0 Å². The monoisotopic (exact) mass is 339 g/mol. The molecule has 0 aliphatic rings. The highest BCUT2D eigenvalue weighted by Crippen LogP contribution is 2.11. The number of ether oxygens (including phenoxy) is 1. The van der Waals surface area contributed by atoms with Crippen LogP contribution in [0.1, 0.15) is 26.3 Å². The molecule has 0 saturated heterocycles. The molecular formula is C17H29N3O2S. The van der Waals surface area contributed by atoms with Crippen LogP contribution in [-0.2, 0) is 10.8 Å². The first-order valence-electron chi connectivity index (χ1n) is 7.85. The number of nitrogens with zero attached hydrogens (tertiary/aromatic N) is 1. The minimum atomic E-state index is -0.860. The SMILES string of the molecule is CN=C(NCCOc1ccc(C)cc1)NCCS(=O)C(C)(C)C. The van der Waals surface area contributed by atoms with Gasteiger partial charge >= 0.3 is 0 Å². The van der Waals surface area contributed by atoms with Gasteiger partial charge in [0.2, 0.25) is 0 Å². The standard InChI is InChI=1S/C17H29N3O2S/c1-14-6-8-15(9-7-14)22-12-10-19-16(18-5)20-11-13-23(21)17(2,3)4/h6-9H,10-13H2,1-5H3,(H2,18,19,20). The number of aryl methyl sites for hydroxylation is 1. The second-order valence-electron chi connectivity index (χ2n) is 6.25. The number of hydrogen-bond donors (Lipinski definition) is 2. The molecule has 0 saturated carbocycles.